The predicted octanol–water partition coefficient (Wildman–Crippen LogP) is 2.88. The van der Waals surface area contributed by atoms with Gasteiger partial charge in [0.15, 0.2) is 11.6 Å². The third kappa shape index (κ3) is 3.65. The zero-order valence-corrected chi connectivity index (χ0v) is 10.8. The molecule has 0 fully saturated rings. The number of aromatic nitrogens is 1. The third-order valence-electron chi connectivity index (χ3n) is 2.53. The summed E-state index contributed by atoms with van der Waals surface area (Å²) in [7, 11) is 1.40. The van der Waals surface area contributed by atoms with Crippen molar-refractivity contribution in [3.63, 3.8) is 0 Å². The topological polar surface area (TPSA) is 51.2 Å². The Labute approximate surface area is 115 Å². The van der Waals surface area contributed by atoms with Gasteiger partial charge in [0, 0.05) is 12.3 Å². The number of hydrogen-bond donors (Lipinski definition) is 1. The van der Waals surface area contributed by atoms with Crippen LogP contribution in [0.3, 0.4) is 0 Å². The molecule has 0 aliphatic rings. The maximum absolute atomic E-state index is 13.5. The molecule has 0 aliphatic heterocycles. The molecule has 0 aliphatic carbocycles. The van der Waals surface area contributed by atoms with Crippen molar-refractivity contribution in [1.82, 2.24) is 4.98 Å². The average Bonchev–Trinajstić information content (AvgIpc) is 2.46. The highest BCUT2D eigenvalue weighted by molar-refractivity contribution is 6.01. The molecule has 20 heavy (non-hydrogen) atoms. The monoisotopic (exact) mass is 272 g/mol. The average molecular weight is 272 g/mol. The lowest BCUT2D eigenvalue weighted by molar-refractivity contribution is -0.111. The third-order valence-corrected chi connectivity index (χ3v) is 2.53. The summed E-state index contributed by atoms with van der Waals surface area (Å²) in [5.41, 5.74) is 1.17. The molecule has 0 saturated carbocycles. The summed E-state index contributed by atoms with van der Waals surface area (Å²) in [4.78, 5) is 15.5. The lowest BCUT2D eigenvalue weighted by atomic mass is 10.2. The van der Waals surface area contributed by atoms with E-state index in [9.17, 15) is 9.18 Å². The maximum Gasteiger partial charge on any atom is 0.248 e. The molecule has 1 heterocycles. The molecule has 102 valence electrons. The summed E-state index contributed by atoms with van der Waals surface area (Å²) in [5, 5.41) is 2.64. The number of rotatable bonds is 4. The summed E-state index contributed by atoms with van der Waals surface area (Å²) in [6.45, 7) is 0. The van der Waals surface area contributed by atoms with Gasteiger partial charge in [0.1, 0.15) is 0 Å². The summed E-state index contributed by atoms with van der Waals surface area (Å²) in [6.07, 6.45) is 6.01. The second-order valence-electron chi connectivity index (χ2n) is 3.96. The summed E-state index contributed by atoms with van der Waals surface area (Å²) < 4.78 is 18.3. The Kier molecular flexibility index (Phi) is 4.44. The van der Waals surface area contributed by atoms with E-state index >= 15 is 0 Å². The molecule has 1 amide bonds. The maximum atomic E-state index is 13.5. The molecular formula is C15H13FN2O2. The van der Waals surface area contributed by atoms with Crippen LogP contribution in [-0.4, -0.2) is 18.0 Å². The molecule has 0 saturated heterocycles. The minimum Gasteiger partial charge on any atom is -0.494 e. The SMILES string of the molecule is COc1ccc(C=CC(=O)Nc2cccnc2)cc1F. The number of benzene rings is 1. The zero-order chi connectivity index (χ0) is 14.4. The molecule has 2 rings (SSSR count). The predicted molar refractivity (Wildman–Crippen MR) is 74.9 cm³/mol. The van der Waals surface area contributed by atoms with E-state index in [4.69, 9.17) is 4.74 Å². The van der Waals surface area contributed by atoms with Crippen molar-refractivity contribution in [2.45, 2.75) is 0 Å². The number of halogens is 1. The largest absolute Gasteiger partial charge is 0.494 e. The van der Waals surface area contributed by atoms with Crippen LogP contribution >= 0.6 is 0 Å². The van der Waals surface area contributed by atoms with Crippen molar-refractivity contribution in [2.24, 2.45) is 0 Å². The molecule has 1 aromatic carbocycles. The molecule has 0 radical (unpaired) electrons. The van der Waals surface area contributed by atoms with Gasteiger partial charge >= 0.3 is 0 Å². The first-order chi connectivity index (χ1) is 9.69. The number of carbonyl (C=O) groups excluding carboxylic acids is 1. The van der Waals surface area contributed by atoms with Crippen LogP contribution in [0.25, 0.3) is 6.08 Å². The fourth-order valence-corrected chi connectivity index (χ4v) is 1.58. The Morgan fingerprint density at radius 1 is 1.40 bits per heavy atom. The minimum absolute atomic E-state index is 0.168. The Morgan fingerprint density at radius 3 is 2.90 bits per heavy atom. The molecule has 0 spiro atoms. The second kappa shape index (κ2) is 6.47. The second-order valence-corrected chi connectivity index (χ2v) is 3.96. The Morgan fingerprint density at radius 2 is 2.25 bits per heavy atom. The van der Waals surface area contributed by atoms with Gasteiger partial charge in [0.25, 0.3) is 0 Å². The van der Waals surface area contributed by atoms with E-state index in [2.05, 4.69) is 10.3 Å². The Balaban J connectivity index is 2.02. The molecule has 1 aromatic heterocycles. The number of carbonyl (C=O) groups is 1. The number of nitrogens with one attached hydrogen (secondary N) is 1. The minimum atomic E-state index is -0.470. The van der Waals surface area contributed by atoms with E-state index in [-0.39, 0.29) is 11.7 Å². The van der Waals surface area contributed by atoms with E-state index in [1.54, 1.807) is 30.6 Å². The van der Waals surface area contributed by atoms with Crippen LogP contribution in [-0.2, 0) is 4.79 Å². The molecule has 0 bridgehead atoms. The van der Waals surface area contributed by atoms with Crippen molar-refractivity contribution in [3.8, 4) is 5.75 Å². The quantitative estimate of drug-likeness (QED) is 0.871. The van der Waals surface area contributed by atoms with Crippen molar-refractivity contribution >= 4 is 17.7 Å². The molecule has 0 unspecified atom stereocenters. The van der Waals surface area contributed by atoms with Crippen LogP contribution in [0.1, 0.15) is 5.56 Å². The highest BCUT2D eigenvalue weighted by atomic mass is 19.1. The Bertz CT molecular complexity index is 627. The number of nitrogens with zero attached hydrogens (tertiary/aromatic N) is 1. The van der Waals surface area contributed by atoms with Crippen LogP contribution in [0.2, 0.25) is 0 Å². The Hall–Kier alpha value is -2.69. The molecule has 2 aromatic rings. The lowest BCUT2D eigenvalue weighted by Crippen LogP contribution is -2.07. The number of pyridine rings is 1. The van der Waals surface area contributed by atoms with Gasteiger partial charge in [-0.15, -0.1) is 0 Å². The van der Waals surface area contributed by atoms with Gasteiger partial charge < -0.3 is 10.1 Å². The van der Waals surface area contributed by atoms with Gasteiger partial charge in [-0.05, 0) is 35.9 Å². The molecular weight excluding hydrogens is 259 g/mol. The number of anilines is 1. The van der Waals surface area contributed by atoms with Crippen LogP contribution in [0.5, 0.6) is 5.75 Å². The van der Waals surface area contributed by atoms with E-state index in [0.29, 0.717) is 11.3 Å². The van der Waals surface area contributed by atoms with Crippen LogP contribution in [0.4, 0.5) is 10.1 Å². The number of methoxy groups -OCH3 is 1. The first kappa shape index (κ1) is 13.7. The van der Waals surface area contributed by atoms with Gasteiger partial charge in [0.05, 0.1) is 19.0 Å². The first-order valence-corrected chi connectivity index (χ1v) is 5.91. The lowest BCUT2D eigenvalue weighted by Gasteiger charge is -2.02. The van der Waals surface area contributed by atoms with Crippen LogP contribution < -0.4 is 10.1 Å². The standard InChI is InChI=1S/C15H13FN2O2/c1-20-14-6-4-11(9-13(14)16)5-7-15(19)18-12-3-2-8-17-10-12/h2-10H,1H3,(H,18,19). The smallest absolute Gasteiger partial charge is 0.248 e. The number of hydrogen-bond acceptors (Lipinski definition) is 3. The van der Waals surface area contributed by atoms with Crippen LogP contribution in [0.15, 0.2) is 48.8 Å². The van der Waals surface area contributed by atoms with Crippen molar-refractivity contribution < 1.29 is 13.9 Å². The first-order valence-electron chi connectivity index (χ1n) is 5.91. The van der Waals surface area contributed by atoms with Gasteiger partial charge in [-0.3, -0.25) is 9.78 Å². The molecule has 0 atom stereocenters. The van der Waals surface area contributed by atoms with Crippen LogP contribution in [0, 0.1) is 5.82 Å². The molecule has 5 heteroatoms. The highest BCUT2D eigenvalue weighted by Crippen LogP contribution is 2.18. The zero-order valence-electron chi connectivity index (χ0n) is 10.8. The van der Waals surface area contributed by atoms with Gasteiger partial charge in [-0.1, -0.05) is 6.07 Å². The normalized spacial score (nSPS) is 10.5. The summed E-state index contributed by atoms with van der Waals surface area (Å²) in [5.74, 6) is -0.612. The fraction of sp³-hybridized carbons (Fsp3) is 0.0667. The van der Waals surface area contributed by atoms with E-state index in [1.165, 1.54) is 31.4 Å². The van der Waals surface area contributed by atoms with E-state index < -0.39 is 5.82 Å². The molecule has 1 N–H and O–H groups in total. The van der Waals surface area contributed by atoms with Gasteiger partial charge in [0.2, 0.25) is 5.91 Å². The van der Waals surface area contributed by atoms with Gasteiger partial charge in [-0.2, -0.15) is 0 Å². The molecule has 4 nitrogen and oxygen atoms in total. The van der Waals surface area contributed by atoms with Crippen molar-refractivity contribution in [2.75, 3.05) is 12.4 Å². The van der Waals surface area contributed by atoms with E-state index in [1.807, 2.05) is 0 Å². The van der Waals surface area contributed by atoms with E-state index in [0.717, 1.165) is 0 Å². The van der Waals surface area contributed by atoms with Gasteiger partial charge in [-0.25, -0.2) is 4.39 Å². The van der Waals surface area contributed by atoms with Crippen molar-refractivity contribution in [3.05, 3.63) is 60.2 Å². The summed E-state index contributed by atoms with van der Waals surface area (Å²) in [6, 6.07) is 7.92. The fourth-order valence-electron chi connectivity index (χ4n) is 1.58. The highest BCUT2D eigenvalue weighted by Gasteiger charge is 2.02. The number of amides is 1. The summed E-state index contributed by atoms with van der Waals surface area (Å²) >= 11 is 0. The number of ether oxygens (including phenoxy) is 1. The van der Waals surface area contributed by atoms with Crippen molar-refractivity contribution in [1.29, 1.82) is 0 Å².